The highest BCUT2D eigenvalue weighted by Gasteiger charge is 2.04. The number of amides is 1. The van der Waals surface area contributed by atoms with Crippen LogP contribution < -0.4 is 5.32 Å². The summed E-state index contributed by atoms with van der Waals surface area (Å²) in [6, 6.07) is 0. The van der Waals surface area contributed by atoms with Crippen LogP contribution in [0.5, 0.6) is 0 Å². The topological polar surface area (TPSA) is 58.6 Å². The standard InChI is InChI=1S/C26H50N2O3/c1-4-5-6-7-8-9-10-11-12-13-14-15-16-17-18-21-26(30)31-24-22-27-25(29)20-19-23-28(2)3/h11-12H,4-10,13-24H2,1-3H3,(H,27,29)/b12-11-. The van der Waals surface area contributed by atoms with E-state index in [0.29, 0.717) is 19.4 Å². The molecule has 5 heteroatoms. The smallest absolute Gasteiger partial charge is 0.305 e. The highest BCUT2D eigenvalue weighted by molar-refractivity contribution is 5.75. The molecular weight excluding hydrogens is 388 g/mol. The van der Waals surface area contributed by atoms with Gasteiger partial charge in [0, 0.05) is 12.8 Å². The first kappa shape index (κ1) is 29.6. The van der Waals surface area contributed by atoms with Gasteiger partial charge in [-0.3, -0.25) is 9.59 Å². The fraction of sp³-hybridized carbons (Fsp3) is 0.846. The van der Waals surface area contributed by atoms with E-state index in [-0.39, 0.29) is 18.5 Å². The molecule has 0 atom stereocenters. The van der Waals surface area contributed by atoms with Crippen LogP contribution in [0.15, 0.2) is 12.2 Å². The maximum Gasteiger partial charge on any atom is 0.305 e. The van der Waals surface area contributed by atoms with Crippen molar-refractivity contribution >= 4 is 11.9 Å². The molecule has 0 saturated heterocycles. The van der Waals surface area contributed by atoms with Gasteiger partial charge in [-0.25, -0.2) is 0 Å². The third kappa shape index (κ3) is 24.8. The second-order valence-corrected chi connectivity index (χ2v) is 8.81. The predicted molar refractivity (Wildman–Crippen MR) is 131 cm³/mol. The number of carbonyl (C=O) groups is 2. The molecule has 0 unspecified atom stereocenters. The van der Waals surface area contributed by atoms with E-state index in [0.717, 1.165) is 25.8 Å². The lowest BCUT2D eigenvalue weighted by molar-refractivity contribution is -0.144. The summed E-state index contributed by atoms with van der Waals surface area (Å²) in [5.41, 5.74) is 0. The van der Waals surface area contributed by atoms with Gasteiger partial charge < -0.3 is 15.0 Å². The van der Waals surface area contributed by atoms with Gasteiger partial charge in [0.2, 0.25) is 5.91 Å². The fourth-order valence-corrected chi connectivity index (χ4v) is 3.41. The van der Waals surface area contributed by atoms with Crippen LogP contribution in [0.2, 0.25) is 0 Å². The van der Waals surface area contributed by atoms with Crippen molar-refractivity contribution in [3.8, 4) is 0 Å². The van der Waals surface area contributed by atoms with Crippen molar-refractivity contribution in [3.63, 3.8) is 0 Å². The van der Waals surface area contributed by atoms with Crippen molar-refractivity contribution in [2.24, 2.45) is 0 Å². The molecule has 0 aromatic rings. The van der Waals surface area contributed by atoms with Crippen molar-refractivity contribution in [1.82, 2.24) is 10.2 Å². The quantitative estimate of drug-likeness (QED) is 0.127. The maximum absolute atomic E-state index is 11.7. The van der Waals surface area contributed by atoms with Crippen molar-refractivity contribution in [1.29, 1.82) is 0 Å². The number of allylic oxidation sites excluding steroid dienone is 2. The summed E-state index contributed by atoms with van der Waals surface area (Å²) in [7, 11) is 3.99. The van der Waals surface area contributed by atoms with Crippen molar-refractivity contribution in [3.05, 3.63) is 12.2 Å². The lowest BCUT2D eigenvalue weighted by Crippen LogP contribution is -2.28. The van der Waals surface area contributed by atoms with E-state index in [1.807, 2.05) is 14.1 Å². The Labute approximate surface area is 192 Å². The largest absolute Gasteiger partial charge is 0.464 e. The Morgan fingerprint density at radius 2 is 1.35 bits per heavy atom. The van der Waals surface area contributed by atoms with E-state index in [1.54, 1.807) is 0 Å². The van der Waals surface area contributed by atoms with Crippen LogP contribution in [0.25, 0.3) is 0 Å². The normalized spacial score (nSPS) is 11.4. The molecule has 0 saturated carbocycles. The summed E-state index contributed by atoms with van der Waals surface area (Å²) in [5.74, 6) is -0.130. The zero-order chi connectivity index (χ0) is 23.0. The van der Waals surface area contributed by atoms with E-state index in [2.05, 4.69) is 29.3 Å². The van der Waals surface area contributed by atoms with E-state index in [9.17, 15) is 9.59 Å². The monoisotopic (exact) mass is 438 g/mol. The number of esters is 1. The van der Waals surface area contributed by atoms with Crippen LogP contribution in [-0.2, 0) is 14.3 Å². The van der Waals surface area contributed by atoms with Gasteiger partial charge in [0.1, 0.15) is 6.61 Å². The zero-order valence-corrected chi connectivity index (χ0v) is 20.8. The molecule has 5 nitrogen and oxygen atoms in total. The van der Waals surface area contributed by atoms with Gasteiger partial charge in [-0.2, -0.15) is 0 Å². The molecule has 1 N–H and O–H groups in total. The Bertz CT molecular complexity index is 450. The fourth-order valence-electron chi connectivity index (χ4n) is 3.41. The minimum atomic E-state index is -0.153. The number of rotatable bonds is 22. The van der Waals surface area contributed by atoms with Crippen molar-refractivity contribution in [2.45, 2.75) is 110 Å². The third-order valence-corrected chi connectivity index (χ3v) is 5.34. The van der Waals surface area contributed by atoms with E-state index in [4.69, 9.17) is 4.74 Å². The zero-order valence-electron chi connectivity index (χ0n) is 20.8. The maximum atomic E-state index is 11.7. The number of unbranched alkanes of at least 4 members (excludes halogenated alkanes) is 11. The molecule has 0 aromatic heterocycles. The van der Waals surface area contributed by atoms with Gasteiger partial charge in [0.05, 0.1) is 6.54 Å². The second-order valence-electron chi connectivity index (χ2n) is 8.81. The van der Waals surface area contributed by atoms with Gasteiger partial charge >= 0.3 is 5.97 Å². The summed E-state index contributed by atoms with van der Waals surface area (Å²) in [6.07, 6.45) is 22.8. The SMILES string of the molecule is CCCCCCCC/C=C\CCCCCCCC(=O)OCCNC(=O)CCCN(C)C. The Morgan fingerprint density at radius 1 is 0.774 bits per heavy atom. The Morgan fingerprint density at radius 3 is 1.97 bits per heavy atom. The van der Waals surface area contributed by atoms with Crippen molar-refractivity contribution < 1.29 is 14.3 Å². The van der Waals surface area contributed by atoms with E-state index >= 15 is 0 Å². The average Bonchev–Trinajstić information content (AvgIpc) is 2.73. The lowest BCUT2D eigenvalue weighted by Gasteiger charge is -2.09. The Kier molecular flexibility index (Phi) is 22.3. The van der Waals surface area contributed by atoms with Crippen LogP contribution in [0.1, 0.15) is 110 Å². The average molecular weight is 439 g/mol. The molecule has 0 aliphatic carbocycles. The molecule has 0 spiro atoms. The number of ether oxygens (including phenoxy) is 1. The predicted octanol–water partition coefficient (Wildman–Crippen LogP) is 6.03. The second kappa shape index (κ2) is 23.3. The number of carbonyl (C=O) groups excluding carboxylic acids is 2. The van der Waals surface area contributed by atoms with Gasteiger partial charge in [-0.05, 0) is 59.2 Å². The van der Waals surface area contributed by atoms with Crippen molar-refractivity contribution in [2.75, 3.05) is 33.8 Å². The molecule has 31 heavy (non-hydrogen) atoms. The molecule has 0 radical (unpaired) electrons. The van der Waals surface area contributed by atoms with Crippen LogP contribution in [0, 0.1) is 0 Å². The number of nitrogens with one attached hydrogen (secondary N) is 1. The minimum Gasteiger partial charge on any atom is -0.464 e. The first-order valence-electron chi connectivity index (χ1n) is 12.8. The molecule has 182 valence electrons. The van der Waals surface area contributed by atoms with E-state index < -0.39 is 0 Å². The minimum absolute atomic E-state index is 0.0233. The highest BCUT2D eigenvalue weighted by Crippen LogP contribution is 2.10. The molecule has 0 bridgehead atoms. The molecule has 0 aliphatic heterocycles. The van der Waals surface area contributed by atoms with Crippen LogP contribution in [0.3, 0.4) is 0 Å². The van der Waals surface area contributed by atoms with Gasteiger partial charge in [-0.15, -0.1) is 0 Å². The van der Waals surface area contributed by atoms with Gasteiger partial charge in [0.15, 0.2) is 0 Å². The number of nitrogens with zero attached hydrogens (tertiary/aromatic N) is 1. The molecule has 0 heterocycles. The molecule has 1 amide bonds. The number of hydrogen-bond donors (Lipinski definition) is 1. The van der Waals surface area contributed by atoms with Crippen LogP contribution >= 0.6 is 0 Å². The molecule has 0 rings (SSSR count). The summed E-state index contributed by atoms with van der Waals surface area (Å²) < 4.78 is 5.18. The molecule has 0 aliphatic rings. The first-order valence-corrected chi connectivity index (χ1v) is 12.8. The summed E-state index contributed by atoms with van der Waals surface area (Å²) >= 11 is 0. The highest BCUT2D eigenvalue weighted by atomic mass is 16.5. The molecule has 0 fully saturated rings. The Hall–Kier alpha value is -1.36. The Balaban J connectivity index is 3.32. The summed E-state index contributed by atoms with van der Waals surface area (Å²) in [5, 5.41) is 2.79. The van der Waals surface area contributed by atoms with Crippen LogP contribution in [0.4, 0.5) is 0 Å². The van der Waals surface area contributed by atoms with Gasteiger partial charge in [-0.1, -0.05) is 70.4 Å². The third-order valence-electron chi connectivity index (χ3n) is 5.34. The van der Waals surface area contributed by atoms with E-state index in [1.165, 1.54) is 70.6 Å². The first-order chi connectivity index (χ1) is 15.1. The van der Waals surface area contributed by atoms with Gasteiger partial charge in [0.25, 0.3) is 0 Å². The lowest BCUT2D eigenvalue weighted by atomic mass is 10.1. The number of hydrogen-bond acceptors (Lipinski definition) is 4. The molecule has 0 aromatic carbocycles. The summed E-state index contributed by atoms with van der Waals surface area (Å²) in [6.45, 7) is 3.83. The van der Waals surface area contributed by atoms with Crippen LogP contribution in [-0.4, -0.2) is 50.6 Å². The summed E-state index contributed by atoms with van der Waals surface area (Å²) in [4.78, 5) is 25.4. The molecular formula is C26H50N2O3.